The Labute approximate surface area is 211 Å². The highest BCUT2D eigenvalue weighted by atomic mass is 19.4. The molecular formula is C26H29F3N4O4. The fourth-order valence-electron chi connectivity index (χ4n) is 5.53. The number of nitrogens with zero attached hydrogens (tertiary/aromatic N) is 3. The second-order valence-electron chi connectivity index (χ2n) is 9.89. The molecule has 198 valence electrons. The molecule has 1 aromatic carbocycles. The largest absolute Gasteiger partial charge is 0.573 e. The molecule has 0 bridgehead atoms. The predicted octanol–water partition coefficient (Wildman–Crippen LogP) is 4.51. The maximum Gasteiger partial charge on any atom is 0.573 e. The van der Waals surface area contributed by atoms with E-state index in [1.165, 1.54) is 12.1 Å². The van der Waals surface area contributed by atoms with Gasteiger partial charge in [0.15, 0.2) is 5.65 Å². The van der Waals surface area contributed by atoms with Crippen LogP contribution in [0, 0.1) is 0 Å². The van der Waals surface area contributed by atoms with E-state index in [2.05, 4.69) is 14.7 Å². The van der Waals surface area contributed by atoms with Crippen LogP contribution in [0.4, 0.5) is 13.2 Å². The van der Waals surface area contributed by atoms with Gasteiger partial charge in [-0.3, -0.25) is 14.3 Å². The lowest BCUT2D eigenvalue weighted by Gasteiger charge is -2.32. The molecular weight excluding hydrogens is 489 g/mol. The number of aromatic nitrogens is 3. The predicted molar refractivity (Wildman–Crippen MR) is 129 cm³/mol. The van der Waals surface area contributed by atoms with Crippen molar-refractivity contribution < 1.29 is 27.8 Å². The van der Waals surface area contributed by atoms with Crippen LogP contribution in [0.15, 0.2) is 41.3 Å². The number of carbonyl (C=O) groups excluding carboxylic acids is 1. The number of amides is 1. The maximum absolute atomic E-state index is 12.9. The minimum Gasteiger partial charge on any atom is -0.406 e. The summed E-state index contributed by atoms with van der Waals surface area (Å²) in [6, 6.07) is 6.81. The van der Waals surface area contributed by atoms with Gasteiger partial charge in [0.25, 0.3) is 5.91 Å². The number of halogens is 3. The van der Waals surface area contributed by atoms with Crippen LogP contribution in [-0.4, -0.2) is 56.0 Å². The van der Waals surface area contributed by atoms with Crippen LogP contribution in [0.2, 0.25) is 0 Å². The number of aliphatic hydroxyl groups is 1. The highest BCUT2D eigenvalue weighted by Gasteiger charge is 2.31. The van der Waals surface area contributed by atoms with E-state index >= 15 is 0 Å². The van der Waals surface area contributed by atoms with Crippen LogP contribution < -0.4 is 10.4 Å². The van der Waals surface area contributed by atoms with E-state index in [0.717, 1.165) is 55.3 Å². The van der Waals surface area contributed by atoms with Gasteiger partial charge in [0, 0.05) is 30.9 Å². The molecule has 2 atom stereocenters. The van der Waals surface area contributed by atoms with Gasteiger partial charge in [-0.15, -0.1) is 13.2 Å². The first-order chi connectivity index (χ1) is 17.7. The normalized spacial score (nSPS) is 21.7. The first kappa shape index (κ1) is 25.3. The number of pyridine rings is 1. The summed E-state index contributed by atoms with van der Waals surface area (Å²) in [5.74, 6) is -0.364. The number of fused-ring (bicyclic) bond motifs is 1. The summed E-state index contributed by atoms with van der Waals surface area (Å²) in [6.07, 6.45) is 2.27. The maximum atomic E-state index is 12.9. The third kappa shape index (κ3) is 5.66. The standard InChI is InChI=1S/C26H29F3N4O4/c27-26(28,29)37-21-8-5-17(6-9-21)24(35)32-12-10-19(11-13-32)33-22-14-18(15-30-23(22)31-25(33)36)16-2-1-3-20(34)7-4-16/h5-6,8-9,14-16,19-20,34H,1-4,7,10-13H2,(H,30,31,36). The molecule has 5 rings (SSSR count). The average Bonchev–Trinajstić information content (AvgIpc) is 3.03. The number of H-pyrrole nitrogens is 1. The van der Waals surface area contributed by atoms with Crippen molar-refractivity contribution in [2.24, 2.45) is 0 Å². The zero-order valence-electron chi connectivity index (χ0n) is 20.2. The second kappa shape index (κ2) is 10.2. The van der Waals surface area contributed by atoms with Gasteiger partial charge in [-0.05, 0) is 80.3 Å². The number of aliphatic hydroxyl groups excluding tert-OH is 1. The summed E-state index contributed by atoms with van der Waals surface area (Å²) in [5, 5.41) is 9.99. The average molecular weight is 519 g/mol. The number of imidazole rings is 1. The van der Waals surface area contributed by atoms with Crippen LogP contribution in [0.5, 0.6) is 5.75 Å². The highest BCUT2D eigenvalue weighted by molar-refractivity contribution is 5.94. The molecule has 1 amide bonds. The molecule has 1 saturated heterocycles. The summed E-state index contributed by atoms with van der Waals surface area (Å²) in [4.78, 5) is 34.8. The van der Waals surface area contributed by atoms with Crippen LogP contribution in [-0.2, 0) is 0 Å². The molecule has 2 unspecified atom stereocenters. The first-order valence-electron chi connectivity index (χ1n) is 12.6. The summed E-state index contributed by atoms with van der Waals surface area (Å²) in [5.41, 5.74) is 2.39. The Bertz CT molecular complexity index is 1310. The van der Waals surface area contributed by atoms with Gasteiger partial charge in [-0.2, -0.15) is 0 Å². The number of hydrogen-bond donors (Lipinski definition) is 2. The Kier molecular flexibility index (Phi) is 6.98. The third-order valence-corrected chi connectivity index (χ3v) is 7.45. The SMILES string of the molecule is O=C(c1ccc(OC(F)(F)F)cc1)N1CCC(n2c(=O)[nH]c3ncc(C4CCCC(O)CC4)cc32)CC1. The Morgan fingerprint density at radius 1 is 1.05 bits per heavy atom. The molecule has 1 aliphatic heterocycles. The summed E-state index contributed by atoms with van der Waals surface area (Å²) < 4.78 is 42.7. The number of likely N-dealkylation sites (tertiary alicyclic amines) is 1. The second-order valence-corrected chi connectivity index (χ2v) is 9.89. The van der Waals surface area contributed by atoms with Crippen LogP contribution in [0.1, 0.15) is 72.8 Å². The zero-order valence-corrected chi connectivity index (χ0v) is 20.2. The molecule has 2 fully saturated rings. The molecule has 0 spiro atoms. The monoisotopic (exact) mass is 518 g/mol. The molecule has 0 radical (unpaired) electrons. The first-order valence-corrected chi connectivity index (χ1v) is 12.6. The summed E-state index contributed by atoms with van der Waals surface area (Å²) in [7, 11) is 0. The molecule has 11 heteroatoms. The molecule has 8 nitrogen and oxygen atoms in total. The highest BCUT2D eigenvalue weighted by Crippen LogP contribution is 2.33. The van der Waals surface area contributed by atoms with E-state index in [-0.39, 0.29) is 35.1 Å². The molecule has 2 N–H and O–H groups in total. The van der Waals surface area contributed by atoms with E-state index < -0.39 is 6.36 Å². The fourth-order valence-corrected chi connectivity index (χ4v) is 5.53. The Morgan fingerprint density at radius 2 is 1.78 bits per heavy atom. The van der Waals surface area contributed by atoms with Crippen molar-refractivity contribution in [3.05, 3.63) is 58.1 Å². The lowest BCUT2D eigenvalue weighted by Crippen LogP contribution is -2.40. The molecule has 3 heterocycles. The number of rotatable bonds is 4. The van der Waals surface area contributed by atoms with Crippen molar-refractivity contribution in [3.63, 3.8) is 0 Å². The molecule has 1 aliphatic carbocycles. The number of aromatic amines is 1. The number of ether oxygens (including phenoxy) is 1. The van der Waals surface area contributed by atoms with Crippen LogP contribution in [0.3, 0.4) is 0 Å². The van der Waals surface area contributed by atoms with Crippen LogP contribution in [0.25, 0.3) is 11.2 Å². The van der Waals surface area contributed by atoms with Gasteiger partial charge >= 0.3 is 12.1 Å². The van der Waals surface area contributed by atoms with E-state index in [4.69, 9.17) is 0 Å². The minimum absolute atomic E-state index is 0.110. The number of carbonyl (C=O) groups is 1. The number of hydrogen-bond acceptors (Lipinski definition) is 5. The van der Waals surface area contributed by atoms with E-state index in [9.17, 15) is 27.9 Å². The molecule has 2 aliphatic rings. The number of alkyl halides is 3. The van der Waals surface area contributed by atoms with Gasteiger partial charge in [0.05, 0.1) is 11.6 Å². The zero-order chi connectivity index (χ0) is 26.2. The molecule has 2 aromatic heterocycles. The third-order valence-electron chi connectivity index (χ3n) is 7.45. The number of nitrogens with one attached hydrogen (secondary N) is 1. The summed E-state index contributed by atoms with van der Waals surface area (Å²) >= 11 is 0. The van der Waals surface area contributed by atoms with Crippen molar-refractivity contribution in [1.82, 2.24) is 19.4 Å². The molecule has 1 saturated carbocycles. The van der Waals surface area contributed by atoms with Crippen molar-refractivity contribution >= 4 is 17.1 Å². The lowest BCUT2D eigenvalue weighted by molar-refractivity contribution is -0.274. The van der Waals surface area contributed by atoms with Crippen molar-refractivity contribution in [2.75, 3.05) is 13.1 Å². The number of piperidine rings is 1. The summed E-state index contributed by atoms with van der Waals surface area (Å²) in [6.45, 7) is 0.827. The van der Waals surface area contributed by atoms with Gasteiger partial charge < -0.3 is 14.7 Å². The van der Waals surface area contributed by atoms with Gasteiger partial charge in [0.1, 0.15) is 5.75 Å². The quantitative estimate of drug-likeness (QED) is 0.495. The Balaban J connectivity index is 1.28. The van der Waals surface area contributed by atoms with Gasteiger partial charge in [-0.25, -0.2) is 9.78 Å². The lowest BCUT2D eigenvalue weighted by atomic mass is 9.93. The van der Waals surface area contributed by atoms with E-state index in [1.54, 1.807) is 9.47 Å². The van der Waals surface area contributed by atoms with Crippen LogP contribution >= 0.6 is 0 Å². The molecule has 37 heavy (non-hydrogen) atoms. The van der Waals surface area contributed by atoms with Gasteiger partial charge in [0.2, 0.25) is 0 Å². The van der Waals surface area contributed by atoms with E-state index in [0.29, 0.717) is 37.5 Å². The fraction of sp³-hybridized carbons (Fsp3) is 0.500. The van der Waals surface area contributed by atoms with Crippen molar-refractivity contribution in [3.8, 4) is 5.75 Å². The number of benzene rings is 1. The smallest absolute Gasteiger partial charge is 0.406 e. The topological polar surface area (TPSA) is 100 Å². The van der Waals surface area contributed by atoms with Crippen molar-refractivity contribution in [2.45, 2.75) is 69.4 Å². The van der Waals surface area contributed by atoms with E-state index in [1.807, 2.05) is 12.3 Å². The van der Waals surface area contributed by atoms with Gasteiger partial charge in [-0.1, -0.05) is 6.42 Å². The molecule has 3 aromatic rings. The Hall–Kier alpha value is -3.34. The van der Waals surface area contributed by atoms with Crippen molar-refractivity contribution in [1.29, 1.82) is 0 Å². The minimum atomic E-state index is -4.79. The Morgan fingerprint density at radius 3 is 2.49 bits per heavy atom.